The molecule has 0 unspecified atom stereocenters. The average molecular weight is 776 g/mol. The van der Waals surface area contributed by atoms with Crippen LogP contribution < -0.4 is 4.90 Å². The first-order valence-corrected chi connectivity index (χ1v) is 21.0. The van der Waals surface area contributed by atoms with Crippen LogP contribution in [-0.2, 0) is 0 Å². The van der Waals surface area contributed by atoms with Crippen molar-refractivity contribution in [2.24, 2.45) is 0 Å². The van der Waals surface area contributed by atoms with Gasteiger partial charge in [0.1, 0.15) is 0 Å². The molecule has 0 fully saturated rings. The minimum atomic E-state index is 1.10. The zero-order chi connectivity index (χ0) is 40.5. The third kappa shape index (κ3) is 7.24. The van der Waals surface area contributed by atoms with Gasteiger partial charge >= 0.3 is 0 Å². The molecule has 286 valence electrons. The summed E-state index contributed by atoms with van der Waals surface area (Å²) in [6.07, 6.45) is 0. The quantitative estimate of drug-likeness (QED) is 0.149. The predicted molar refractivity (Wildman–Crippen MR) is 261 cm³/mol. The van der Waals surface area contributed by atoms with E-state index in [0.717, 1.165) is 17.1 Å². The lowest BCUT2D eigenvalue weighted by Gasteiger charge is -2.26. The largest absolute Gasteiger partial charge is 0.311 e. The van der Waals surface area contributed by atoms with Crippen molar-refractivity contribution < 1.29 is 0 Å². The molecule has 0 atom stereocenters. The first-order chi connectivity index (χ1) is 30.2. The molecule has 1 heteroatoms. The molecule has 0 radical (unpaired) electrons. The summed E-state index contributed by atoms with van der Waals surface area (Å²) in [5.41, 5.74) is 15.4. The maximum absolute atomic E-state index is 2.35. The summed E-state index contributed by atoms with van der Waals surface area (Å²) in [6.45, 7) is 0. The van der Waals surface area contributed by atoms with Gasteiger partial charge in [-0.3, -0.25) is 0 Å². The first kappa shape index (κ1) is 36.1. The van der Waals surface area contributed by atoms with Gasteiger partial charge in [-0.1, -0.05) is 182 Å². The fourth-order valence-electron chi connectivity index (χ4n) is 8.71. The van der Waals surface area contributed by atoms with Crippen molar-refractivity contribution in [3.63, 3.8) is 0 Å². The highest BCUT2D eigenvalue weighted by Crippen LogP contribution is 2.39. The van der Waals surface area contributed by atoms with Gasteiger partial charge in [0.15, 0.2) is 0 Å². The Morgan fingerprint density at radius 2 is 0.426 bits per heavy atom. The van der Waals surface area contributed by atoms with E-state index >= 15 is 0 Å². The summed E-state index contributed by atoms with van der Waals surface area (Å²) in [7, 11) is 0. The third-order valence-electron chi connectivity index (χ3n) is 12.0. The van der Waals surface area contributed by atoms with Crippen LogP contribution in [0.15, 0.2) is 249 Å². The van der Waals surface area contributed by atoms with Crippen molar-refractivity contribution in [3.8, 4) is 55.6 Å². The Balaban J connectivity index is 0.913. The van der Waals surface area contributed by atoms with E-state index in [-0.39, 0.29) is 0 Å². The molecule has 0 aliphatic carbocycles. The van der Waals surface area contributed by atoms with Crippen LogP contribution in [0, 0.1) is 0 Å². The summed E-state index contributed by atoms with van der Waals surface area (Å²) in [5, 5.41) is 7.48. The number of nitrogens with zero attached hydrogens (tertiary/aromatic N) is 1. The molecule has 11 aromatic carbocycles. The molecule has 1 nitrogen and oxygen atoms in total. The van der Waals surface area contributed by atoms with E-state index in [1.165, 1.54) is 88.0 Å². The molecular formula is C60H41N. The second-order valence-corrected chi connectivity index (χ2v) is 15.8. The van der Waals surface area contributed by atoms with Crippen LogP contribution in [0.5, 0.6) is 0 Å². The summed E-state index contributed by atoms with van der Waals surface area (Å²) in [5.74, 6) is 0. The van der Waals surface area contributed by atoms with Crippen LogP contribution in [0.3, 0.4) is 0 Å². The normalized spacial score (nSPS) is 11.3. The Hall–Kier alpha value is -8.00. The fraction of sp³-hybridized carbons (Fsp3) is 0. The van der Waals surface area contributed by atoms with Crippen LogP contribution in [0.4, 0.5) is 17.1 Å². The van der Waals surface area contributed by atoms with Crippen molar-refractivity contribution in [3.05, 3.63) is 249 Å². The first-order valence-electron chi connectivity index (χ1n) is 21.0. The number of hydrogen-bond donors (Lipinski definition) is 0. The minimum absolute atomic E-state index is 1.10. The van der Waals surface area contributed by atoms with Gasteiger partial charge in [-0.2, -0.15) is 0 Å². The van der Waals surface area contributed by atoms with Gasteiger partial charge in [0.05, 0.1) is 0 Å². The molecule has 0 bridgehead atoms. The SMILES string of the molecule is c1ccc(-c2ccc3cc(-c4cccc(-c5ccc(N(c6ccc(-c7ccc8ccccc8c7)cc6)c6ccc(-c7ccc8ccccc8c7)cc6)cc5)c4)ccc3c2)cc1. The molecule has 11 aromatic rings. The smallest absolute Gasteiger partial charge is 0.0462 e. The van der Waals surface area contributed by atoms with E-state index in [1.807, 2.05) is 0 Å². The lowest BCUT2D eigenvalue weighted by Crippen LogP contribution is -2.09. The molecule has 0 spiro atoms. The fourth-order valence-corrected chi connectivity index (χ4v) is 8.71. The van der Waals surface area contributed by atoms with E-state index in [0.29, 0.717) is 0 Å². The number of benzene rings is 11. The van der Waals surface area contributed by atoms with Crippen LogP contribution in [0.2, 0.25) is 0 Å². The Labute approximate surface area is 357 Å². The monoisotopic (exact) mass is 775 g/mol. The lowest BCUT2D eigenvalue weighted by molar-refractivity contribution is 1.28. The Morgan fingerprint density at radius 3 is 0.852 bits per heavy atom. The van der Waals surface area contributed by atoms with Gasteiger partial charge in [-0.25, -0.2) is 0 Å². The molecule has 11 rings (SSSR count). The maximum atomic E-state index is 2.35. The van der Waals surface area contributed by atoms with Gasteiger partial charge in [-0.15, -0.1) is 0 Å². The zero-order valence-electron chi connectivity index (χ0n) is 33.6. The summed E-state index contributed by atoms with van der Waals surface area (Å²) < 4.78 is 0. The minimum Gasteiger partial charge on any atom is -0.311 e. The van der Waals surface area contributed by atoms with Crippen molar-refractivity contribution in [2.45, 2.75) is 0 Å². The molecule has 0 amide bonds. The average Bonchev–Trinajstić information content (AvgIpc) is 3.34. The molecule has 0 saturated carbocycles. The third-order valence-corrected chi connectivity index (χ3v) is 12.0. The van der Waals surface area contributed by atoms with Gasteiger partial charge < -0.3 is 4.90 Å². The summed E-state index contributed by atoms with van der Waals surface area (Å²) >= 11 is 0. The number of hydrogen-bond acceptors (Lipinski definition) is 1. The Bertz CT molecular complexity index is 3200. The van der Waals surface area contributed by atoms with Crippen molar-refractivity contribution in [1.82, 2.24) is 0 Å². The Morgan fingerprint density at radius 1 is 0.164 bits per heavy atom. The van der Waals surface area contributed by atoms with Gasteiger partial charge in [0, 0.05) is 17.1 Å². The predicted octanol–water partition coefficient (Wildman–Crippen LogP) is 17.0. The van der Waals surface area contributed by atoms with E-state index < -0.39 is 0 Å². The molecule has 0 saturated heterocycles. The van der Waals surface area contributed by atoms with Crippen LogP contribution in [0.25, 0.3) is 88.0 Å². The highest BCUT2D eigenvalue weighted by Gasteiger charge is 2.15. The molecule has 61 heavy (non-hydrogen) atoms. The number of rotatable bonds is 8. The number of fused-ring (bicyclic) bond motifs is 3. The molecule has 0 heterocycles. The van der Waals surface area contributed by atoms with Crippen molar-refractivity contribution in [1.29, 1.82) is 0 Å². The number of anilines is 3. The van der Waals surface area contributed by atoms with Crippen molar-refractivity contribution in [2.75, 3.05) is 4.90 Å². The van der Waals surface area contributed by atoms with Crippen LogP contribution in [-0.4, -0.2) is 0 Å². The lowest BCUT2D eigenvalue weighted by atomic mass is 9.95. The van der Waals surface area contributed by atoms with E-state index in [2.05, 4.69) is 254 Å². The summed E-state index contributed by atoms with van der Waals surface area (Å²) in [6, 6.07) is 90.5. The molecule has 0 aliphatic heterocycles. The molecular weight excluding hydrogens is 735 g/mol. The molecule has 0 N–H and O–H groups in total. The van der Waals surface area contributed by atoms with Crippen LogP contribution >= 0.6 is 0 Å². The second kappa shape index (κ2) is 15.6. The Kier molecular flexibility index (Phi) is 9.26. The zero-order valence-corrected chi connectivity index (χ0v) is 33.6. The van der Waals surface area contributed by atoms with E-state index in [4.69, 9.17) is 0 Å². The van der Waals surface area contributed by atoms with Gasteiger partial charge in [-0.05, 0) is 155 Å². The summed E-state index contributed by atoms with van der Waals surface area (Å²) in [4.78, 5) is 2.35. The molecule has 0 aromatic heterocycles. The van der Waals surface area contributed by atoms with Gasteiger partial charge in [0.2, 0.25) is 0 Å². The topological polar surface area (TPSA) is 3.24 Å². The standard InChI is InChI=1S/C60H41N/c1-2-9-42(10-3-1)52-21-22-57-41-55(23-24-56(57)40-52)51-16-8-15-50(37-51)45-25-31-58(32-26-45)61(59-33-27-46(28-34-59)53-19-17-43-11-4-6-13-48(43)38-53)60-35-29-47(30-36-60)54-20-18-44-12-5-7-14-49(44)39-54/h1-41H. The highest BCUT2D eigenvalue weighted by atomic mass is 15.1. The molecule has 0 aliphatic rings. The second-order valence-electron chi connectivity index (χ2n) is 15.8. The van der Waals surface area contributed by atoms with E-state index in [1.54, 1.807) is 0 Å². The van der Waals surface area contributed by atoms with Crippen LogP contribution in [0.1, 0.15) is 0 Å². The van der Waals surface area contributed by atoms with Gasteiger partial charge in [0.25, 0.3) is 0 Å². The highest BCUT2D eigenvalue weighted by molar-refractivity contribution is 5.92. The maximum Gasteiger partial charge on any atom is 0.0462 e. The van der Waals surface area contributed by atoms with E-state index in [9.17, 15) is 0 Å². The van der Waals surface area contributed by atoms with Crippen molar-refractivity contribution >= 4 is 49.4 Å².